The molecular weight excluding hydrogens is 269 g/mol. The van der Waals surface area contributed by atoms with Crippen molar-refractivity contribution < 1.29 is 19.3 Å². The Kier molecular flexibility index (Phi) is 3.24. The summed E-state index contributed by atoms with van der Waals surface area (Å²) in [5.74, 6) is 0.515. The Balaban J connectivity index is 2.03. The highest BCUT2D eigenvalue weighted by Crippen LogP contribution is 2.33. The third-order valence-electron chi connectivity index (χ3n) is 3.34. The van der Waals surface area contributed by atoms with Gasteiger partial charge in [0.15, 0.2) is 23.9 Å². The van der Waals surface area contributed by atoms with E-state index in [-0.39, 0.29) is 0 Å². The van der Waals surface area contributed by atoms with Gasteiger partial charge in [0, 0.05) is 7.05 Å². The molecule has 20 heavy (non-hydrogen) atoms. The summed E-state index contributed by atoms with van der Waals surface area (Å²) in [4.78, 5) is 12.2. The molecule has 108 valence electrons. The summed E-state index contributed by atoms with van der Waals surface area (Å²) in [6, 6.07) is 0. The number of imidazole rings is 1. The number of nitrogens with zero attached hydrogens (tertiary/aromatic N) is 4. The highest BCUT2D eigenvalue weighted by Gasteiger charge is 2.45. The van der Waals surface area contributed by atoms with E-state index in [0.717, 1.165) is 0 Å². The van der Waals surface area contributed by atoms with Crippen molar-refractivity contribution in [2.75, 3.05) is 19.0 Å². The van der Waals surface area contributed by atoms with Crippen molar-refractivity contribution in [3.8, 4) is 0 Å². The Labute approximate surface area is 113 Å². The number of hydrogen-bond acceptors (Lipinski definition) is 7. The van der Waals surface area contributed by atoms with Crippen LogP contribution in [0.15, 0.2) is 12.7 Å². The first kappa shape index (κ1) is 13.2. The van der Waals surface area contributed by atoms with Crippen molar-refractivity contribution in [3.05, 3.63) is 12.7 Å². The van der Waals surface area contributed by atoms with Gasteiger partial charge in [0.1, 0.15) is 24.1 Å². The van der Waals surface area contributed by atoms with Crippen molar-refractivity contribution >= 4 is 17.0 Å². The van der Waals surface area contributed by atoms with Gasteiger partial charge in [0.2, 0.25) is 0 Å². The van der Waals surface area contributed by atoms with Crippen LogP contribution in [0.5, 0.6) is 0 Å². The lowest BCUT2D eigenvalue weighted by molar-refractivity contribution is -0.0459. The van der Waals surface area contributed by atoms with Crippen molar-refractivity contribution in [1.29, 1.82) is 0 Å². The number of aliphatic hydroxyl groups is 2. The average Bonchev–Trinajstić information content (AvgIpc) is 3.01. The number of aliphatic hydroxyl groups excluding tert-OH is 2. The van der Waals surface area contributed by atoms with Gasteiger partial charge in [-0.15, -0.1) is 0 Å². The van der Waals surface area contributed by atoms with Crippen molar-refractivity contribution in [2.24, 2.45) is 0 Å². The lowest BCUT2D eigenvalue weighted by Gasteiger charge is -2.14. The molecule has 9 heteroatoms. The van der Waals surface area contributed by atoms with Crippen molar-refractivity contribution in [1.82, 2.24) is 19.5 Å². The molecular formula is C11H14FN5O3. The lowest BCUT2D eigenvalue weighted by atomic mass is 10.1. The van der Waals surface area contributed by atoms with E-state index in [1.54, 1.807) is 7.05 Å². The van der Waals surface area contributed by atoms with Crippen LogP contribution in [-0.2, 0) is 4.74 Å². The summed E-state index contributed by atoms with van der Waals surface area (Å²) < 4.78 is 20.8. The zero-order valence-corrected chi connectivity index (χ0v) is 10.6. The molecule has 3 heterocycles. The van der Waals surface area contributed by atoms with Gasteiger partial charge in [-0.3, -0.25) is 4.57 Å². The fraction of sp³-hybridized carbons (Fsp3) is 0.545. The molecule has 0 bridgehead atoms. The Morgan fingerprint density at radius 3 is 2.90 bits per heavy atom. The average molecular weight is 283 g/mol. The predicted molar refractivity (Wildman–Crippen MR) is 66.8 cm³/mol. The van der Waals surface area contributed by atoms with E-state index in [1.165, 1.54) is 17.2 Å². The SMILES string of the molecule is CNc1ncnc2c1ncn2[C@@H]1O[C@H](CO)[C@H](O)C1F. The van der Waals surface area contributed by atoms with Gasteiger partial charge in [-0.05, 0) is 0 Å². The quantitative estimate of drug-likeness (QED) is 0.694. The van der Waals surface area contributed by atoms with Gasteiger partial charge < -0.3 is 20.3 Å². The van der Waals surface area contributed by atoms with Crippen LogP contribution in [-0.4, -0.2) is 61.8 Å². The van der Waals surface area contributed by atoms with Gasteiger partial charge >= 0.3 is 0 Å². The number of ether oxygens (including phenoxy) is 1. The summed E-state index contributed by atoms with van der Waals surface area (Å²) in [6.45, 7) is -0.457. The van der Waals surface area contributed by atoms with Gasteiger partial charge in [0.05, 0.1) is 12.9 Å². The second kappa shape index (κ2) is 4.93. The number of rotatable bonds is 3. The molecule has 2 aromatic rings. The van der Waals surface area contributed by atoms with Crippen LogP contribution >= 0.6 is 0 Å². The fourth-order valence-corrected chi connectivity index (χ4v) is 2.30. The first-order valence-corrected chi connectivity index (χ1v) is 6.11. The second-order valence-electron chi connectivity index (χ2n) is 4.48. The molecule has 0 aliphatic carbocycles. The first-order valence-electron chi connectivity index (χ1n) is 6.11. The van der Waals surface area contributed by atoms with Crippen LogP contribution in [0.2, 0.25) is 0 Å². The van der Waals surface area contributed by atoms with Gasteiger partial charge in [-0.25, -0.2) is 19.3 Å². The van der Waals surface area contributed by atoms with Gasteiger partial charge in [-0.2, -0.15) is 0 Å². The number of alkyl halides is 1. The van der Waals surface area contributed by atoms with Crippen LogP contribution in [0, 0.1) is 0 Å². The number of aromatic nitrogens is 4. The normalized spacial score (nSPS) is 30.0. The third kappa shape index (κ3) is 1.82. The summed E-state index contributed by atoms with van der Waals surface area (Å²) in [5, 5.41) is 21.6. The van der Waals surface area contributed by atoms with E-state index in [2.05, 4.69) is 20.3 Å². The Morgan fingerprint density at radius 2 is 2.25 bits per heavy atom. The number of anilines is 1. The first-order chi connectivity index (χ1) is 9.67. The molecule has 0 amide bonds. The van der Waals surface area contributed by atoms with E-state index in [4.69, 9.17) is 9.84 Å². The zero-order chi connectivity index (χ0) is 14.3. The minimum Gasteiger partial charge on any atom is -0.394 e. The van der Waals surface area contributed by atoms with Crippen molar-refractivity contribution in [2.45, 2.75) is 24.6 Å². The molecule has 4 atom stereocenters. The number of halogens is 1. The topological polar surface area (TPSA) is 105 Å². The second-order valence-corrected chi connectivity index (χ2v) is 4.48. The summed E-state index contributed by atoms with van der Waals surface area (Å²) >= 11 is 0. The molecule has 2 aromatic heterocycles. The smallest absolute Gasteiger partial charge is 0.173 e. The number of nitrogens with one attached hydrogen (secondary N) is 1. The molecule has 1 unspecified atom stereocenters. The predicted octanol–water partition coefficient (Wildman–Crippen LogP) is -0.543. The molecule has 0 saturated carbocycles. The molecule has 1 fully saturated rings. The van der Waals surface area contributed by atoms with Crippen molar-refractivity contribution in [3.63, 3.8) is 0 Å². The minimum absolute atomic E-state index is 0.391. The number of fused-ring (bicyclic) bond motifs is 1. The Hall–Kier alpha value is -1.84. The molecule has 1 saturated heterocycles. The van der Waals surface area contributed by atoms with Crippen LogP contribution in [0.3, 0.4) is 0 Å². The highest BCUT2D eigenvalue weighted by atomic mass is 19.1. The van der Waals surface area contributed by atoms with Crippen LogP contribution in [0.25, 0.3) is 11.2 Å². The van der Waals surface area contributed by atoms with E-state index in [1.807, 2.05) is 0 Å². The molecule has 0 spiro atoms. The Bertz CT molecular complexity index is 621. The van der Waals surface area contributed by atoms with E-state index in [9.17, 15) is 9.50 Å². The van der Waals surface area contributed by atoms with E-state index >= 15 is 0 Å². The van der Waals surface area contributed by atoms with Gasteiger partial charge in [0.25, 0.3) is 0 Å². The molecule has 1 aliphatic rings. The monoisotopic (exact) mass is 283 g/mol. The van der Waals surface area contributed by atoms with E-state index in [0.29, 0.717) is 17.0 Å². The maximum absolute atomic E-state index is 14.1. The standard InChI is InChI=1S/C11H14FN5O3/c1-13-9-7-10(15-3-14-9)17(4-16-7)11-6(12)8(19)5(2-18)20-11/h3-6,8,11,18-19H,2H2,1H3,(H,13,14,15)/t5-,6?,8+,11-/m1/s1. The summed E-state index contributed by atoms with van der Waals surface area (Å²) in [7, 11) is 1.69. The third-order valence-corrected chi connectivity index (χ3v) is 3.34. The minimum atomic E-state index is -1.67. The van der Waals surface area contributed by atoms with Crippen LogP contribution in [0.1, 0.15) is 6.23 Å². The largest absolute Gasteiger partial charge is 0.394 e. The molecule has 1 aliphatic heterocycles. The zero-order valence-electron chi connectivity index (χ0n) is 10.6. The number of hydrogen-bond donors (Lipinski definition) is 3. The molecule has 8 nitrogen and oxygen atoms in total. The highest BCUT2D eigenvalue weighted by molar-refractivity contribution is 5.82. The molecule has 3 rings (SSSR count). The van der Waals surface area contributed by atoms with Gasteiger partial charge in [-0.1, -0.05) is 0 Å². The van der Waals surface area contributed by atoms with Crippen LogP contribution in [0.4, 0.5) is 10.2 Å². The van der Waals surface area contributed by atoms with Crippen LogP contribution < -0.4 is 5.32 Å². The maximum atomic E-state index is 14.1. The fourth-order valence-electron chi connectivity index (χ4n) is 2.30. The summed E-state index contributed by atoms with van der Waals surface area (Å²) in [5.41, 5.74) is 0.871. The Morgan fingerprint density at radius 1 is 1.45 bits per heavy atom. The molecule has 0 aromatic carbocycles. The lowest BCUT2D eigenvalue weighted by Crippen LogP contribution is -2.30. The molecule has 0 radical (unpaired) electrons. The molecule has 3 N–H and O–H groups in total. The van der Waals surface area contributed by atoms with E-state index < -0.39 is 31.2 Å². The maximum Gasteiger partial charge on any atom is 0.173 e. The summed E-state index contributed by atoms with van der Waals surface area (Å²) in [6.07, 6.45) is -2.38.